The highest BCUT2D eigenvalue weighted by atomic mass is 16.3. The summed E-state index contributed by atoms with van der Waals surface area (Å²) < 4.78 is 4.97. The summed E-state index contributed by atoms with van der Waals surface area (Å²) in [5, 5.41) is 3.11. The SMILES string of the molecule is O=C(NCC1CCN(C(=O)c2ccoc2)CC1)C1CCCC1. The zero-order valence-corrected chi connectivity index (χ0v) is 12.9. The van der Waals surface area contributed by atoms with Gasteiger partial charge in [-0.15, -0.1) is 0 Å². The van der Waals surface area contributed by atoms with Gasteiger partial charge in [-0.05, 0) is 37.7 Å². The van der Waals surface area contributed by atoms with Gasteiger partial charge in [0.1, 0.15) is 6.26 Å². The first-order chi connectivity index (χ1) is 10.7. The maximum absolute atomic E-state index is 12.2. The normalized spacial score (nSPS) is 20.3. The van der Waals surface area contributed by atoms with Crippen molar-refractivity contribution in [3.05, 3.63) is 24.2 Å². The van der Waals surface area contributed by atoms with Gasteiger partial charge in [0.25, 0.3) is 5.91 Å². The van der Waals surface area contributed by atoms with Crippen molar-refractivity contribution < 1.29 is 14.0 Å². The third-order valence-electron chi connectivity index (χ3n) is 4.96. The fraction of sp³-hybridized carbons (Fsp3) is 0.647. The molecule has 3 rings (SSSR count). The van der Waals surface area contributed by atoms with E-state index in [1.54, 1.807) is 6.07 Å². The summed E-state index contributed by atoms with van der Waals surface area (Å²) in [5.41, 5.74) is 0.619. The number of furan rings is 1. The lowest BCUT2D eigenvalue weighted by Crippen LogP contribution is -2.42. The maximum atomic E-state index is 12.2. The molecular weight excluding hydrogens is 280 g/mol. The van der Waals surface area contributed by atoms with Crippen LogP contribution in [0.4, 0.5) is 0 Å². The van der Waals surface area contributed by atoms with Gasteiger partial charge in [0.2, 0.25) is 5.91 Å². The molecule has 2 amide bonds. The molecule has 2 aliphatic rings. The molecule has 1 aliphatic heterocycles. The number of nitrogens with one attached hydrogen (secondary N) is 1. The second-order valence-electron chi connectivity index (χ2n) is 6.47. The van der Waals surface area contributed by atoms with Crippen molar-refractivity contribution in [2.75, 3.05) is 19.6 Å². The van der Waals surface area contributed by atoms with Crippen LogP contribution in [-0.4, -0.2) is 36.3 Å². The number of hydrogen-bond acceptors (Lipinski definition) is 3. The number of likely N-dealkylation sites (tertiary alicyclic amines) is 1. The summed E-state index contributed by atoms with van der Waals surface area (Å²) in [5.74, 6) is 0.998. The van der Waals surface area contributed by atoms with Gasteiger partial charge in [0.15, 0.2) is 0 Å². The Balaban J connectivity index is 1.40. The molecule has 1 aromatic heterocycles. The standard InChI is InChI=1S/C17H24N2O3/c20-16(14-3-1-2-4-14)18-11-13-5-8-19(9-6-13)17(21)15-7-10-22-12-15/h7,10,12-14H,1-6,8-9,11H2,(H,18,20). The highest BCUT2D eigenvalue weighted by Gasteiger charge is 2.26. The lowest BCUT2D eigenvalue weighted by molar-refractivity contribution is -0.125. The van der Waals surface area contributed by atoms with Gasteiger partial charge in [-0.3, -0.25) is 9.59 Å². The van der Waals surface area contributed by atoms with E-state index in [-0.39, 0.29) is 17.7 Å². The minimum atomic E-state index is 0.0437. The average Bonchev–Trinajstić information content (AvgIpc) is 3.25. The zero-order chi connectivity index (χ0) is 15.4. The van der Waals surface area contributed by atoms with Crippen LogP contribution in [0.2, 0.25) is 0 Å². The predicted molar refractivity (Wildman–Crippen MR) is 82.3 cm³/mol. The van der Waals surface area contributed by atoms with Gasteiger partial charge in [0.05, 0.1) is 11.8 Å². The molecule has 0 unspecified atom stereocenters. The van der Waals surface area contributed by atoms with Crippen molar-refractivity contribution in [3.63, 3.8) is 0 Å². The van der Waals surface area contributed by atoms with Crippen LogP contribution < -0.4 is 5.32 Å². The molecule has 0 atom stereocenters. The molecule has 120 valence electrons. The van der Waals surface area contributed by atoms with Crippen LogP contribution in [0.25, 0.3) is 0 Å². The van der Waals surface area contributed by atoms with Crippen molar-refractivity contribution in [2.24, 2.45) is 11.8 Å². The quantitative estimate of drug-likeness (QED) is 0.929. The Hall–Kier alpha value is -1.78. The van der Waals surface area contributed by atoms with Crippen LogP contribution in [0.3, 0.4) is 0 Å². The molecule has 0 aromatic carbocycles. The van der Waals surface area contributed by atoms with E-state index in [9.17, 15) is 9.59 Å². The fourth-order valence-electron chi connectivity index (χ4n) is 3.49. The predicted octanol–water partition coefficient (Wildman–Crippen LogP) is 2.44. The van der Waals surface area contributed by atoms with Crippen LogP contribution in [-0.2, 0) is 4.79 Å². The average molecular weight is 304 g/mol. The van der Waals surface area contributed by atoms with Gasteiger partial charge >= 0.3 is 0 Å². The Bertz CT molecular complexity index is 498. The maximum Gasteiger partial charge on any atom is 0.257 e. The number of hydrogen-bond donors (Lipinski definition) is 1. The Morgan fingerprint density at radius 3 is 2.55 bits per heavy atom. The Morgan fingerprint density at radius 1 is 1.18 bits per heavy atom. The molecule has 1 aromatic rings. The van der Waals surface area contributed by atoms with Gasteiger partial charge in [-0.1, -0.05) is 12.8 Å². The summed E-state index contributed by atoms with van der Waals surface area (Å²) >= 11 is 0. The van der Waals surface area contributed by atoms with Crippen LogP contribution >= 0.6 is 0 Å². The number of carbonyl (C=O) groups is 2. The van der Waals surface area contributed by atoms with E-state index in [1.807, 2.05) is 4.90 Å². The third kappa shape index (κ3) is 3.51. The molecule has 1 N–H and O–H groups in total. The van der Waals surface area contributed by atoms with Crippen LogP contribution in [0.5, 0.6) is 0 Å². The number of amides is 2. The van der Waals surface area contributed by atoms with E-state index in [1.165, 1.54) is 25.4 Å². The molecule has 1 saturated heterocycles. The topological polar surface area (TPSA) is 62.6 Å². The highest BCUT2D eigenvalue weighted by molar-refractivity contribution is 5.93. The molecule has 0 radical (unpaired) electrons. The van der Waals surface area contributed by atoms with Crippen LogP contribution in [0, 0.1) is 11.8 Å². The molecule has 2 heterocycles. The van der Waals surface area contributed by atoms with Gasteiger partial charge < -0.3 is 14.6 Å². The lowest BCUT2D eigenvalue weighted by Gasteiger charge is -2.32. The van der Waals surface area contributed by atoms with Gasteiger partial charge in [0, 0.05) is 25.6 Å². The number of piperidine rings is 1. The lowest BCUT2D eigenvalue weighted by atomic mass is 9.96. The number of carbonyl (C=O) groups excluding carboxylic acids is 2. The van der Waals surface area contributed by atoms with Crippen molar-refractivity contribution in [1.29, 1.82) is 0 Å². The Morgan fingerprint density at radius 2 is 1.91 bits per heavy atom. The first-order valence-electron chi connectivity index (χ1n) is 8.33. The summed E-state index contributed by atoms with van der Waals surface area (Å²) in [7, 11) is 0. The van der Waals surface area contributed by atoms with Crippen LogP contribution in [0.1, 0.15) is 48.9 Å². The molecule has 5 nitrogen and oxygen atoms in total. The monoisotopic (exact) mass is 304 g/mol. The Kier molecular flexibility index (Phi) is 4.80. The third-order valence-corrected chi connectivity index (χ3v) is 4.96. The minimum Gasteiger partial charge on any atom is -0.472 e. The van der Waals surface area contributed by atoms with E-state index in [0.717, 1.165) is 45.3 Å². The van der Waals surface area contributed by atoms with E-state index in [2.05, 4.69) is 5.32 Å². The first kappa shape index (κ1) is 15.1. The smallest absolute Gasteiger partial charge is 0.257 e. The molecule has 22 heavy (non-hydrogen) atoms. The van der Waals surface area contributed by atoms with Crippen molar-refractivity contribution in [1.82, 2.24) is 10.2 Å². The molecule has 1 saturated carbocycles. The molecular formula is C17H24N2O3. The number of nitrogens with zero attached hydrogens (tertiary/aromatic N) is 1. The van der Waals surface area contributed by atoms with E-state index < -0.39 is 0 Å². The summed E-state index contributed by atoms with van der Waals surface area (Å²) in [4.78, 5) is 26.1. The number of rotatable bonds is 4. The fourth-order valence-corrected chi connectivity index (χ4v) is 3.49. The van der Waals surface area contributed by atoms with Crippen molar-refractivity contribution in [2.45, 2.75) is 38.5 Å². The van der Waals surface area contributed by atoms with E-state index in [4.69, 9.17) is 4.42 Å². The Labute approximate surface area is 131 Å². The van der Waals surface area contributed by atoms with Gasteiger partial charge in [-0.25, -0.2) is 0 Å². The minimum absolute atomic E-state index is 0.0437. The second kappa shape index (κ2) is 6.99. The summed E-state index contributed by atoms with van der Waals surface area (Å²) in [6, 6.07) is 1.70. The second-order valence-corrected chi connectivity index (χ2v) is 6.47. The molecule has 0 bridgehead atoms. The van der Waals surface area contributed by atoms with E-state index >= 15 is 0 Å². The summed E-state index contributed by atoms with van der Waals surface area (Å²) in [6.07, 6.45) is 9.39. The largest absolute Gasteiger partial charge is 0.472 e. The molecule has 5 heteroatoms. The molecule has 1 aliphatic carbocycles. The van der Waals surface area contributed by atoms with Crippen molar-refractivity contribution in [3.8, 4) is 0 Å². The summed E-state index contributed by atoms with van der Waals surface area (Å²) in [6.45, 7) is 2.27. The molecule has 0 spiro atoms. The van der Waals surface area contributed by atoms with Gasteiger partial charge in [-0.2, -0.15) is 0 Å². The molecule has 2 fully saturated rings. The van der Waals surface area contributed by atoms with E-state index in [0.29, 0.717) is 11.5 Å². The van der Waals surface area contributed by atoms with Crippen LogP contribution in [0.15, 0.2) is 23.0 Å². The highest BCUT2D eigenvalue weighted by Crippen LogP contribution is 2.25. The first-order valence-corrected chi connectivity index (χ1v) is 8.33. The zero-order valence-electron chi connectivity index (χ0n) is 12.9. The van der Waals surface area contributed by atoms with Crippen molar-refractivity contribution >= 4 is 11.8 Å².